The molecule has 1 atom stereocenters. The van der Waals surface area contributed by atoms with E-state index >= 15 is 0 Å². The van der Waals surface area contributed by atoms with E-state index in [9.17, 15) is 9.59 Å². The van der Waals surface area contributed by atoms with Gasteiger partial charge >= 0.3 is 6.03 Å². The number of carbonyl (C=O) groups is 2. The molecule has 7 nitrogen and oxygen atoms in total. The van der Waals surface area contributed by atoms with E-state index in [1.165, 1.54) is 0 Å². The fraction of sp³-hybridized carbons (Fsp3) is 0.462. The molecule has 3 amide bonds. The van der Waals surface area contributed by atoms with Crippen LogP contribution in [0.4, 0.5) is 10.5 Å². The molecule has 33 heavy (non-hydrogen) atoms. The van der Waals surface area contributed by atoms with E-state index in [-0.39, 0.29) is 24.0 Å². The summed E-state index contributed by atoms with van der Waals surface area (Å²) >= 11 is 0. The lowest BCUT2D eigenvalue weighted by Gasteiger charge is -2.39. The smallest absolute Gasteiger partial charge is 0.324 e. The molecule has 0 unspecified atom stereocenters. The first-order valence-corrected chi connectivity index (χ1v) is 11.9. The van der Waals surface area contributed by atoms with Crippen LogP contribution in [-0.4, -0.2) is 49.2 Å². The number of piperidine rings is 1. The van der Waals surface area contributed by atoms with Gasteiger partial charge in [0.15, 0.2) is 0 Å². The zero-order chi connectivity index (χ0) is 23.2. The predicted octanol–water partition coefficient (Wildman–Crippen LogP) is 4.21. The molecule has 2 aromatic rings. The Labute approximate surface area is 195 Å². The van der Waals surface area contributed by atoms with Crippen LogP contribution in [0.25, 0.3) is 0 Å². The second kappa shape index (κ2) is 10.6. The lowest BCUT2D eigenvalue weighted by Crippen LogP contribution is -2.52. The summed E-state index contributed by atoms with van der Waals surface area (Å²) in [5.41, 5.74) is 1.86. The lowest BCUT2D eigenvalue weighted by atomic mass is 9.96. The number of benzene rings is 2. The molecular weight excluding hydrogens is 418 g/mol. The van der Waals surface area contributed by atoms with Crippen molar-refractivity contribution in [3.63, 3.8) is 0 Å². The van der Waals surface area contributed by atoms with Gasteiger partial charge in [0.2, 0.25) is 5.91 Å². The van der Waals surface area contributed by atoms with E-state index in [1.54, 1.807) is 0 Å². The van der Waals surface area contributed by atoms with E-state index in [0.717, 1.165) is 29.2 Å². The van der Waals surface area contributed by atoms with Crippen LogP contribution >= 0.6 is 0 Å². The first kappa shape index (κ1) is 23.0. The van der Waals surface area contributed by atoms with Gasteiger partial charge in [0.1, 0.15) is 17.6 Å². The number of rotatable bonds is 6. The number of likely N-dealkylation sites (tertiary alicyclic amines) is 1. The number of fused-ring (bicyclic) bond motifs is 1. The first-order valence-electron chi connectivity index (χ1n) is 11.9. The maximum Gasteiger partial charge on any atom is 0.324 e. The minimum Gasteiger partial charge on any atom is -0.494 e. The molecule has 0 bridgehead atoms. The molecule has 2 aliphatic heterocycles. The summed E-state index contributed by atoms with van der Waals surface area (Å²) in [6.07, 6.45) is 2.18. The largest absolute Gasteiger partial charge is 0.494 e. The van der Waals surface area contributed by atoms with E-state index in [0.29, 0.717) is 45.6 Å². The number of hydrogen-bond acceptors (Lipinski definition) is 4. The molecule has 0 aromatic heterocycles. The number of nitrogens with one attached hydrogen (secondary N) is 1. The molecule has 0 saturated carbocycles. The van der Waals surface area contributed by atoms with Gasteiger partial charge in [-0.1, -0.05) is 31.2 Å². The van der Waals surface area contributed by atoms with Crippen molar-refractivity contribution >= 4 is 17.6 Å². The molecule has 7 heteroatoms. The molecule has 2 aliphatic rings. The molecule has 4 rings (SSSR count). The van der Waals surface area contributed by atoms with Gasteiger partial charge in [-0.2, -0.15) is 0 Å². The number of anilines is 1. The van der Waals surface area contributed by atoms with Crippen molar-refractivity contribution in [2.45, 2.75) is 45.8 Å². The third-order valence-corrected chi connectivity index (χ3v) is 6.36. The summed E-state index contributed by atoms with van der Waals surface area (Å²) in [7, 11) is 0. The molecule has 0 spiro atoms. The maximum absolute atomic E-state index is 13.3. The predicted molar refractivity (Wildman–Crippen MR) is 128 cm³/mol. The molecule has 1 N–H and O–H groups in total. The van der Waals surface area contributed by atoms with Gasteiger partial charge in [-0.3, -0.25) is 9.69 Å². The van der Waals surface area contributed by atoms with Gasteiger partial charge in [-0.05, 0) is 56.0 Å². The third-order valence-electron chi connectivity index (χ3n) is 6.36. The van der Waals surface area contributed by atoms with E-state index < -0.39 is 0 Å². The monoisotopic (exact) mass is 451 g/mol. The van der Waals surface area contributed by atoms with E-state index in [4.69, 9.17) is 9.47 Å². The molecule has 0 aliphatic carbocycles. The summed E-state index contributed by atoms with van der Waals surface area (Å²) in [4.78, 5) is 29.7. The molecule has 2 aromatic carbocycles. The number of urea groups is 1. The second-order valence-electron chi connectivity index (χ2n) is 8.57. The second-order valence-corrected chi connectivity index (χ2v) is 8.57. The third kappa shape index (κ3) is 5.41. The van der Waals surface area contributed by atoms with Crippen LogP contribution in [0.5, 0.6) is 11.5 Å². The highest BCUT2D eigenvalue weighted by Gasteiger charge is 2.34. The van der Waals surface area contributed by atoms with E-state index in [2.05, 4.69) is 12.2 Å². The number of para-hydroxylation sites is 2. The van der Waals surface area contributed by atoms with E-state index in [1.807, 2.05) is 65.3 Å². The molecule has 2 heterocycles. The zero-order valence-corrected chi connectivity index (χ0v) is 19.5. The van der Waals surface area contributed by atoms with Crippen LogP contribution in [-0.2, 0) is 11.3 Å². The van der Waals surface area contributed by atoms with Crippen molar-refractivity contribution in [3.8, 4) is 11.5 Å². The van der Waals surface area contributed by atoms with Crippen molar-refractivity contribution in [3.05, 3.63) is 54.1 Å². The fourth-order valence-electron chi connectivity index (χ4n) is 4.40. The van der Waals surface area contributed by atoms with Crippen molar-refractivity contribution in [1.82, 2.24) is 10.2 Å². The molecule has 1 saturated heterocycles. The van der Waals surface area contributed by atoms with Crippen LogP contribution in [0.2, 0.25) is 0 Å². The summed E-state index contributed by atoms with van der Waals surface area (Å²) in [6, 6.07) is 15.5. The Balaban J connectivity index is 1.29. The number of carbonyl (C=O) groups excluding carboxylic acids is 2. The van der Waals surface area contributed by atoms with Crippen LogP contribution in [0, 0.1) is 5.92 Å². The van der Waals surface area contributed by atoms with Gasteiger partial charge < -0.3 is 19.7 Å². The average molecular weight is 452 g/mol. The minimum absolute atomic E-state index is 0.00236. The lowest BCUT2D eigenvalue weighted by molar-refractivity contribution is -0.126. The maximum atomic E-state index is 13.3. The summed E-state index contributed by atoms with van der Waals surface area (Å²) in [6.45, 7) is 6.86. The van der Waals surface area contributed by atoms with Crippen LogP contribution in [0.15, 0.2) is 48.5 Å². The SMILES string of the molecule is CCOc1ccc(CNC(=O)C2CCN(C(=O)N3C[C@@H](CC)Oc4ccccc43)CC2)cc1. The van der Waals surface area contributed by atoms with Crippen LogP contribution in [0.3, 0.4) is 0 Å². The number of amides is 3. The summed E-state index contributed by atoms with van der Waals surface area (Å²) in [5, 5.41) is 3.04. The minimum atomic E-state index is -0.0721. The Morgan fingerprint density at radius 3 is 2.48 bits per heavy atom. The van der Waals surface area contributed by atoms with Gasteiger partial charge in [-0.15, -0.1) is 0 Å². The highest BCUT2D eigenvalue weighted by atomic mass is 16.5. The van der Waals surface area contributed by atoms with Crippen molar-refractivity contribution in [1.29, 1.82) is 0 Å². The van der Waals surface area contributed by atoms with Gasteiger partial charge in [0, 0.05) is 25.6 Å². The average Bonchev–Trinajstić information content (AvgIpc) is 2.87. The van der Waals surface area contributed by atoms with Crippen molar-refractivity contribution in [2.24, 2.45) is 5.92 Å². The molecule has 176 valence electrons. The van der Waals surface area contributed by atoms with Crippen LogP contribution in [0.1, 0.15) is 38.7 Å². The Kier molecular flexibility index (Phi) is 7.37. The normalized spacial score (nSPS) is 18.3. The summed E-state index contributed by atoms with van der Waals surface area (Å²) < 4.78 is 11.5. The Morgan fingerprint density at radius 2 is 1.79 bits per heavy atom. The number of hydrogen-bond donors (Lipinski definition) is 1. The zero-order valence-electron chi connectivity index (χ0n) is 19.5. The fourth-order valence-corrected chi connectivity index (χ4v) is 4.40. The van der Waals surface area contributed by atoms with Gasteiger partial charge in [-0.25, -0.2) is 4.79 Å². The Bertz CT molecular complexity index is 954. The topological polar surface area (TPSA) is 71.1 Å². The molecule has 1 fully saturated rings. The Hall–Kier alpha value is -3.22. The molecular formula is C26H33N3O4. The number of ether oxygens (including phenoxy) is 2. The number of nitrogens with zero attached hydrogens (tertiary/aromatic N) is 2. The Morgan fingerprint density at radius 1 is 1.06 bits per heavy atom. The quantitative estimate of drug-likeness (QED) is 0.714. The van der Waals surface area contributed by atoms with Gasteiger partial charge in [0.25, 0.3) is 0 Å². The van der Waals surface area contributed by atoms with Crippen molar-refractivity contribution < 1.29 is 19.1 Å². The highest BCUT2D eigenvalue weighted by molar-refractivity contribution is 5.94. The highest BCUT2D eigenvalue weighted by Crippen LogP contribution is 2.35. The summed E-state index contributed by atoms with van der Waals surface area (Å²) in [5.74, 6) is 1.57. The standard InChI is InChI=1S/C26H33N3O4/c1-3-21-18-29(23-7-5-6-8-24(23)33-21)26(31)28-15-13-20(14-16-28)25(30)27-17-19-9-11-22(12-10-19)32-4-2/h5-12,20-21H,3-4,13-18H2,1-2H3,(H,27,30)/t21-/m1/s1. The van der Waals surface area contributed by atoms with Gasteiger partial charge in [0.05, 0.1) is 18.8 Å². The van der Waals surface area contributed by atoms with Crippen molar-refractivity contribution in [2.75, 3.05) is 31.1 Å². The van der Waals surface area contributed by atoms with Crippen LogP contribution < -0.4 is 19.7 Å². The first-order chi connectivity index (χ1) is 16.1. The molecule has 0 radical (unpaired) electrons.